The summed E-state index contributed by atoms with van der Waals surface area (Å²) in [5, 5.41) is 1.03. The summed E-state index contributed by atoms with van der Waals surface area (Å²) < 4.78 is 0. The quantitative estimate of drug-likeness (QED) is 0.756. The van der Waals surface area contributed by atoms with Gasteiger partial charge in [0, 0.05) is 18.1 Å². The molecule has 1 aliphatic rings. The maximum Gasteiger partial charge on any atom is 0.226 e. The average Bonchev–Trinajstić information content (AvgIpc) is 2.46. The van der Waals surface area contributed by atoms with Gasteiger partial charge in [0.15, 0.2) is 0 Å². The van der Waals surface area contributed by atoms with Gasteiger partial charge in [-0.1, -0.05) is 18.2 Å². The van der Waals surface area contributed by atoms with Crippen molar-refractivity contribution in [1.82, 2.24) is 9.97 Å². The van der Waals surface area contributed by atoms with Crippen molar-refractivity contribution in [2.75, 3.05) is 11.4 Å². The monoisotopic (exact) mass is 241 g/mol. The van der Waals surface area contributed by atoms with E-state index < -0.39 is 0 Å². The highest BCUT2D eigenvalue weighted by Gasteiger charge is 2.23. The van der Waals surface area contributed by atoms with E-state index in [1.807, 2.05) is 35.4 Å². The number of aldehydes is 1. The molecule has 2 aromatic rings. The minimum Gasteiger partial charge on any atom is -0.331 e. The summed E-state index contributed by atoms with van der Waals surface area (Å²) in [5.74, 6) is 0.672. The molecule has 4 nitrogen and oxygen atoms in total. The fraction of sp³-hybridized carbons (Fsp3) is 0.357. The molecule has 1 aromatic carbocycles. The van der Waals surface area contributed by atoms with Crippen LogP contribution >= 0.6 is 0 Å². The predicted octanol–water partition coefficient (Wildman–Crippen LogP) is 2.19. The minimum atomic E-state index is -0.0695. The van der Waals surface area contributed by atoms with Crippen molar-refractivity contribution in [2.45, 2.75) is 25.3 Å². The SMILES string of the molecule is O=CC1CCCCN1c1ncc2ccccc2n1. The van der Waals surface area contributed by atoms with Crippen LogP contribution in [0.4, 0.5) is 5.95 Å². The lowest BCUT2D eigenvalue weighted by molar-refractivity contribution is -0.109. The Labute approximate surface area is 106 Å². The van der Waals surface area contributed by atoms with E-state index in [2.05, 4.69) is 9.97 Å². The largest absolute Gasteiger partial charge is 0.331 e. The Bertz CT molecular complexity index is 570. The fourth-order valence-corrected chi connectivity index (χ4v) is 2.45. The number of carbonyl (C=O) groups is 1. The van der Waals surface area contributed by atoms with Gasteiger partial charge in [-0.2, -0.15) is 0 Å². The van der Waals surface area contributed by atoms with Gasteiger partial charge >= 0.3 is 0 Å². The first-order valence-corrected chi connectivity index (χ1v) is 6.32. The molecule has 4 heteroatoms. The van der Waals surface area contributed by atoms with E-state index >= 15 is 0 Å². The molecular formula is C14H15N3O. The molecule has 0 N–H and O–H groups in total. The van der Waals surface area contributed by atoms with Crippen LogP contribution in [0.3, 0.4) is 0 Å². The summed E-state index contributed by atoms with van der Waals surface area (Å²) in [7, 11) is 0. The van der Waals surface area contributed by atoms with Crippen LogP contribution < -0.4 is 4.90 Å². The molecule has 92 valence electrons. The van der Waals surface area contributed by atoms with Gasteiger partial charge in [-0.05, 0) is 25.3 Å². The molecule has 1 atom stereocenters. The van der Waals surface area contributed by atoms with E-state index in [0.717, 1.165) is 43.0 Å². The second-order valence-corrected chi connectivity index (χ2v) is 4.62. The van der Waals surface area contributed by atoms with Gasteiger partial charge in [0.05, 0.1) is 11.6 Å². The Morgan fingerprint density at radius 2 is 2.17 bits per heavy atom. The molecule has 0 aliphatic carbocycles. The van der Waals surface area contributed by atoms with E-state index in [0.29, 0.717) is 5.95 Å². The zero-order valence-corrected chi connectivity index (χ0v) is 10.1. The zero-order chi connectivity index (χ0) is 12.4. The van der Waals surface area contributed by atoms with Gasteiger partial charge in [0.1, 0.15) is 6.29 Å². The highest BCUT2D eigenvalue weighted by Crippen LogP contribution is 2.22. The summed E-state index contributed by atoms with van der Waals surface area (Å²) in [5.41, 5.74) is 0.928. The van der Waals surface area contributed by atoms with Crippen molar-refractivity contribution in [3.05, 3.63) is 30.5 Å². The number of rotatable bonds is 2. The summed E-state index contributed by atoms with van der Waals surface area (Å²) in [6.07, 6.45) is 5.94. The van der Waals surface area contributed by atoms with Gasteiger partial charge in [-0.3, -0.25) is 0 Å². The predicted molar refractivity (Wildman–Crippen MR) is 70.6 cm³/mol. The lowest BCUT2D eigenvalue weighted by atomic mass is 10.0. The molecule has 18 heavy (non-hydrogen) atoms. The van der Waals surface area contributed by atoms with Crippen LogP contribution in [-0.2, 0) is 4.79 Å². The molecule has 1 aromatic heterocycles. The third-order valence-electron chi connectivity index (χ3n) is 3.44. The van der Waals surface area contributed by atoms with Gasteiger partial charge in [-0.15, -0.1) is 0 Å². The number of para-hydroxylation sites is 1. The van der Waals surface area contributed by atoms with E-state index in [1.165, 1.54) is 0 Å². The molecule has 1 fully saturated rings. The van der Waals surface area contributed by atoms with E-state index in [-0.39, 0.29) is 6.04 Å². The number of hydrogen-bond donors (Lipinski definition) is 0. The molecule has 0 spiro atoms. The van der Waals surface area contributed by atoms with Gasteiger partial charge in [0.2, 0.25) is 5.95 Å². The molecule has 1 aliphatic heterocycles. The fourth-order valence-electron chi connectivity index (χ4n) is 2.45. The Morgan fingerprint density at radius 3 is 3.06 bits per heavy atom. The number of anilines is 1. The van der Waals surface area contributed by atoms with Crippen LogP contribution in [0.25, 0.3) is 10.9 Å². The molecule has 1 saturated heterocycles. The molecule has 0 saturated carbocycles. The van der Waals surface area contributed by atoms with Crippen molar-refractivity contribution in [3.8, 4) is 0 Å². The number of fused-ring (bicyclic) bond motifs is 1. The molecule has 0 radical (unpaired) electrons. The van der Waals surface area contributed by atoms with E-state index in [4.69, 9.17) is 0 Å². The smallest absolute Gasteiger partial charge is 0.226 e. The first-order chi connectivity index (χ1) is 8.88. The van der Waals surface area contributed by atoms with Gasteiger partial charge in [-0.25, -0.2) is 9.97 Å². The number of carbonyl (C=O) groups excluding carboxylic acids is 1. The topological polar surface area (TPSA) is 46.1 Å². The van der Waals surface area contributed by atoms with Crippen LogP contribution in [0, 0.1) is 0 Å². The maximum atomic E-state index is 11.1. The third-order valence-corrected chi connectivity index (χ3v) is 3.44. The third kappa shape index (κ3) is 1.94. The van der Waals surface area contributed by atoms with E-state index in [1.54, 1.807) is 0 Å². The molecular weight excluding hydrogens is 226 g/mol. The van der Waals surface area contributed by atoms with Crippen molar-refractivity contribution < 1.29 is 4.79 Å². The Morgan fingerprint density at radius 1 is 1.28 bits per heavy atom. The maximum absolute atomic E-state index is 11.1. The Kier molecular flexibility index (Phi) is 2.92. The number of piperidine rings is 1. The lowest BCUT2D eigenvalue weighted by Gasteiger charge is -2.32. The van der Waals surface area contributed by atoms with Crippen LogP contribution in [0.2, 0.25) is 0 Å². The highest BCUT2D eigenvalue weighted by molar-refractivity contribution is 5.78. The number of hydrogen-bond acceptors (Lipinski definition) is 4. The molecule has 0 bridgehead atoms. The molecule has 3 rings (SSSR count). The number of nitrogens with zero attached hydrogens (tertiary/aromatic N) is 3. The van der Waals surface area contributed by atoms with Crippen molar-refractivity contribution in [1.29, 1.82) is 0 Å². The Balaban J connectivity index is 1.99. The number of benzene rings is 1. The van der Waals surface area contributed by atoms with Gasteiger partial charge < -0.3 is 9.69 Å². The summed E-state index contributed by atoms with van der Waals surface area (Å²) in [6.45, 7) is 0.863. The zero-order valence-electron chi connectivity index (χ0n) is 10.1. The van der Waals surface area contributed by atoms with Crippen LogP contribution in [0.5, 0.6) is 0 Å². The summed E-state index contributed by atoms with van der Waals surface area (Å²) in [6, 6.07) is 7.83. The molecule has 1 unspecified atom stereocenters. The normalized spacial score (nSPS) is 20.0. The number of aromatic nitrogens is 2. The second kappa shape index (κ2) is 4.72. The van der Waals surface area contributed by atoms with Crippen LogP contribution in [0.15, 0.2) is 30.5 Å². The van der Waals surface area contributed by atoms with Crippen molar-refractivity contribution in [2.24, 2.45) is 0 Å². The van der Waals surface area contributed by atoms with Gasteiger partial charge in [0.25, 0.3) is 0 Å². The van der Waals surface area contributed by atoms with Crippen LogP contribution in [0.1, 0.15) is 19.3 Å². The van der Waals surface area contributed by atoms with Crippen molar-refractivity contribution in [3.63, 3.8) is 0 Å². The first kappa shape index (κ1) is 11.1. The lowest BCUT2D eigenvalue weighted by Crippen LogP contribution is -2.41. The summed E-state index contributed by atoms with van der Waals surface area (Å²) >= 11 is 0. The molecule has 0 amide bonds. The first-order valence-electron chi connectivity index (χ1n) is 6.32. The van der Waals surface area contributed by atoms with Crippen molar-refractivity contribution >= 4 is 23.1 Å². The molecule has 2 heterocycles. The average molecular weight is 241 g/mol. The minimum absolute atomic E-state index is 0.0695. The Hall–Kier alpha value is -1.97. The van der Waals surface area contributed by atoms with Crippen LogP contribution in [-0.4, -0.2) is 28.8 Å². The van der Waals surface area contributed by atoms with E-state index in [9.17, 15) is 4.79 Å². The highest BCUT2D eigenvalue weighted by atomic mass is 16.1. The standard InChI is InChI=1S/C14H15N3O/c18-10-12-6-3-4-8-17(12)14-15-9-11-5-1-2-7-13(11)16-14/h1-2,5,7,9-10,12H,3-4,6,8H2. The second-order valence-electron chi connectivity index (χ2n) is 4.62. The summed E-state index contributed by atoms with van der Waals surface area (Å²) in [4.78, 5) is 22.1.